The van der Waals surface area contributed by atoms with E-state index in [0.717, 1.165) is 23.3 Å². The number of alkyl halides is 1. The highest BCUT2D eigenvalue weighted by molar-refractivity contribution is 6.17. The quantitative estimate of drug-likeness (QED) is 0.344. The molecule has 0 heterocycles. The first-order chi connectivity index (χ1) is 8.67. The van der Waals surface area contributed by atoms with Gasteiger partial charge in [0.15, 0.2) is 0 Å². The molecule has 0 amide bonds. The molecular weight excluding hydrogens is 252 g/mol. The van der Waals surface area contributed by atoms with E-state index in [0.29, 0.717) is 12.5 Å². The van der Waals surface area contributed by atoms with Crippen molar-refractivity contribution in [2.24, 2.45) is 0 Å². The van der Waals surface area contributed by atoms with E-state index >= 15 is 0 Å². The molecule has 0 fully saturated rings. The number of allylic oxidation sites excluding steroid dienone is 1. The molecule has 0 unspecified atom stereocenters. The third kappa shape index (κ3) is 4.80. The highest BCUT2D eigenvalue weighted by Crippen LogP contribution is 2.18. The third-order valence-electron chi connectivity index (χ3n) is 2.39. The average molecular weight is 269 g/mol. The van der Waals surface area contributed by atoms with Crippen molar-refractivity contribution in [1.82, 2.24) is 0 Å². The van der Waals surface area contributed by atoms with E-state index in [9.17, 15) is 4.79 Å². The summed E-state index contributed by atoms with van der Waals surface area (Å²) < 4.78 is 10.1. The Balaban J connectivity index is 2.64. The summed E-state index contributed by atoms with van der Waals surface area (Å²) in [6, 6.07) is 7.56. The summed E-state index contributed by atoms with van der Waals surface area (Å²) in [5.41, 5.74) is 1.82. The zero-order valence-electron chi connectivity index (χ0n) is 10.6. The van der Waals surface area contributed by atoms with Gasteiger partial charge >= 0.3 is 5.97 Å². The van der Waals surface area contributed by atoms with E-state index in [2.05, 4.69) is 4.74 Å². The van der Waals surface area contributed by atoms with Gasteiger partial charge in [0, 0.05) is 12.0 Å². The molecule has 0 radical (unpaired) electrons. The van der Waals surface area contributed by atoms with Gasteiger partial charge in [-0.3, -0.25) is 0 Å². The second-order valence-corrected chi connectivity index (χ2v) is 4.14. The van der Waals surface area contributed by atoms with Gasteiger partial charge in [-0.2, -0.15) is 0 Å². The first kappa shape index (κ1) is 14.6. The molecule has 1 aromatic rings. The van der Waals surface area contributed by atoms with Crippen LogP contribution in [0.3, 0.4) is 0 Å². The zero-order chi connectivity index (χ0) is 13.4. The lowest BCUT2D eigenvalue weighted by Crippen LogP contribution is -1.98. The second-order valence-electron chi connectivity index (χ2n) is 3.77. The summed E-state index contributed by atoms with van der Waals surface area (Å²) >= 11 is 5.57. The number of halogens is 1. The number of ether oxygens (including phenoxy) is 2. The second kappa shape index (κ2) is 7.77. The summed E-state index contributed by atoms with van der Waals surface area (Å²) in [5, 5.41) is 0. The molecule has 4 heteroatoms. The molecule has 0 aliphatic carbocycles. The average Bonchev–Trinajstić information content (AvgIpc) is 2.39. The number of hydrogen-bond donors (Lipinski definition) is 0. The standard InChI is InChI=1S/C14H17ClO3/c1-11(10-14(16)17-2)12-4-6-13(7-5-12)18-9-3-8-15/h4-7,10H,3,8-9H2,1-2H3. The number of carbonyl (C=O) groups is 1. The van der Waals surface area contributed by atoms with Gasteiger partial charge in [0.2, 0.25) is 0 Å². The maximum absolute atomic E-state index is 11.1. The van der Waals surface area contributed by atoms with Crippen molar-refractivity contribution in [1.29, 1.82) is 0 Å². The van der Waals surface area contributed by atoms with Crippen molar-refractivity contribution in [2.45, 2.75) is 13.3 Å². The summed E-state index contributed by atoms with van der Waals surface area (Å²) in [7, 11) is 1.36. The van der Waals surface area contributed by atoms with E-state index in [4.69, 9.17) is 16.3 Å². The van der Waals surface area contributed by atoms with Gasteiger partial charge in [-0.25, -0.2) is 4.79 Å². The molecule has 0 N–H and O–H groups in total. The lowest BCUT2D eigenvalue weighted by molar-refractivity contribution is -0.134. The Morgan fingerprint density at radius 1 is 1.33 bits per heavy atom. The molecule has 0 aliphatic heterocycles. The van der Waals surface area contributed by atoms with Crippen molar-refractivity contribution < 1.29 is 14.3 Å². The number of hydrogen-bond acceptors (Lipinski definition) is 3. The summed E-state index contributed by atoms with van der Waals surface area (Å²) in [6.45, 7) is 2.47. The predicted octanol–water partition coefficient (Wildman–Crippen LogP) is 3.27. The SMILES string of the molecule is COC(=O)C=C(C)c1ccc(OCCCCl)cc1. The van der Waals surface area contributed by atoms with Gasteiger partial charge in [0.05, 0.1) is 13.7 Å². The van der Waals surface area contributed by atoms with Crippen LogP contribution in [0.1, 0.15) is 18.9 Å². The molecule has 0 aromatic heterocycles. The number of rotatable bonds is 6. The van der Waals surface area contributed by atoms with Crippen molar-refractivity contribution >= 4 is 23.1 Å². The Morgan fingerprint density at radius 3 is 2.56 bits per heavy atom. The Labute approximate surface area is 112 Å². The normalized spacial score (nSPS) is 11.2. The van der Waals surface area contributed by atoms with Gasteiger partial charge in [0.25, 0.3) is 0 Å². The third-order valence-corrected chi connectivity index (χ3v) is 2.66. The Morgan fingerprint density at radius 2 is 2.00 bits per heavy atom. The molecule has 1 rings (SSSR count). The minimum atomic E-state index is -0.352. The predicted molar refractivity (Wildman–Crippen MR) is 72.9 cm³/mol. The van der Waals surface area contributed by atoms with Gasteiger partial charge in [-0.15, -0.1) is 11.6 Å². The molecule has 0 atom stereocenters. The van der Waals surface area contributed by atoms with E-state index in [-0.39, 0.29) is 5.97 Å². The van der Waals surface area contributed by atoms with Crippen LogP contribution in [0.15, 0.2) is 30.3 Å². The molecule has 0 saturated carbocycles. The number of methoxy groups -OCH3 is 1. The molecular formula is C14H17ClO3. The molecule has 0 aliphatic rings. The number of benzene rings is 1. The molecule has 0 spiro atoms. The molecule has 18 heavy (non-hydrogen) atoms. The van der Waals surface area contributed by atoms with Crippen molar-refractivity contribution in [3.63, 3.8) is 0 Å². The van der Waals surface area contributed by atoms with E-state index in [1.807, 2.05) is 31.2 Å². The van der Waals surface area contributed by atoms with Crippen LogP contribution in [0.5, 0.6) is 5.75 Å². The maximum atomic E-state index is 11.1. The highest BCUT2D eigenvalue weighted by atomic mass is 35.5. The minimum absolute atomic E-state index is 0.352. The summed E-state index contributed by atoms with van der Waals surface area (Å²) in [6.07, 6.45) is 2.29. The molecule has 0 bridgehead atoms. The minimum Gasteiger partial charge on any atom is -0.494 e. The monoisotopic (exact) mass is 268 g/mol. The first-order valence-corrected chi connectivity index (χ1v) is 6.26. The van der Waals surface area contributed by atoms with Crippen LogP contribution in [-0.4, -0.2) is 25.6 Å². The maximum Gasteiger partial charge on any atom is 0.330 e. The lowest BCUT2D eigenvalue weighted by atomic mass is 10.1. The van der Waals surface area contributed by atoms with E-state index in [1.165, 1.54) is 13.2 Å². The van der Waals surface area contributed by atoms with Gasteiger partial charge in [0.1, 0.15) is 5.75 Å². The number of esters is 1. The summed E-state index contributed by atoms with van der Waals surface area (Å²) in [4.78, 5) is 11.1. The van der Waals surface area contributed by atoms with Crippen LogP contribution in [0.2, 0.25) is 0 Å². The van der Waals surface area contributed by atoms with Crippen molar-refractivity contribution in [3.05, 3.63) is 35.9 Å². The van der Waals surface area contributed by atoms with Gasteiger partial charge in [-0.05, 0) is 36.6 Å². The smallest absolute Gasteiger partial charge is 0.330 e. The Hall–Kier alpha value is -1.48. The van der Waals surface area contributed by atoms with Crippen LogP contribution in [0.4, 0.5) is 0 Å². The fourth-order valence-corrected chi connectivity index (χ4v) is 1.49. The van der Waals surface area contributed by atoms with Crippen molar-refractivity contribution in [3.8, 4) is 5.75 Å². The highest BCUT2D eigenvalue weighted by Gasteiger charge is 2.01. The molecule has 3 nitrogen and oxygen atoms in total. The molecule has 98 valence electrons. The van der Waals surface area contributed by atoms with Crippen LogP contribution >= 0.6 is 11.6 Å². The Bertz CT molecular complexity index is 410. The van der Waals surface area contributed by atoms with Crippen LogP contribution in [0.25, 0.3) is 5.57 Å². The first-order valence-electron chi connectivity index (χ1n) is 5.73. The number of carbonyl (C=O) groups excluding carboxylic acids is 1. The van der Waals surface area contributed by atoms with Gasteiger partial charge in [-0.1, -0.05) is 12.1 Å². The summed E-state index contributed by atoms with van der Waals surface area (Å²) in [5.74, 6) is 1.05. The van der Waals surface area contributed by atoms with E-state index < -0.39 is 0 Å². The fourth-order valence-electron chi connectivity index (χ4n) is 1.38. The largest absolute Gasteiger partial charge is 0.494 e. The topological polar surface area (TPSA) is 35.5 Å². The molecule has 1 aromatic carbocycles. The molecule has 0 saturated heterocycles. The van der Waals surface area contributed by atoms with E-state index in [1.54, 1.807) is 0 Å². The lowest BCUT2D eigenvalue weighted by Gasteiger charge is -2.06. The fraction of sp³-hybridized carbons (Fsp3) is 0.357. The van der Waals surface area contributed by atoms with Gasteiger partial charge < -0.3 is 9.47 Å². The van der Waals surface area contributed by atoms with Crippen LogP contribution in [0, 0.1) is 0 Å². The Kier molecular flexibility index (Phi) is 6.29. The van der Waals surface area contributed by atoms with Crippen LogP contribution < -0.4 is 4.74 Å². The van der Waals surface area contributed by atoms with Crippen molar-refractivity contribution in [2.75, 3.05) is 19.6 Å². The zero-order valence-corrected chi connectivity index (χ0v) is 11.4. The van der Waals surface area contributed by atoms with Crippen LogP contribution in [-0.2, 0) is 9.53 Å².